The number of aliphatic hydroxyl groups excluding tert-OH is 1. The molecule has 4 aromatic rings. The predicted molar refractivity (Wildman–Crippen MR) is 124 cm³/mol. The second-order valence-corrected chi connectivity index (χ2v) is 9.18. The third kappa shape index (κ3) is 3.59. The molecule has 5 nitrogen and oxygen atoms in total. The first-order valence-electron chi connectivity index (χ1n) is 10.9. The normalized spacial score (nSPS) is 14.9. The number of hydrogen-bond acceptors (Lipinski definition) is 3. The maximum atomic E-state index is 13.8. The number of aryl methyl sites for hydroxylation is 1. The molecule has 5 rings (SSSR count). The smallest absolute Gasteiger partial charge is 0.434 e. The van der Waals surface area contributed by atoms with Crippen molar-refractivity contribution in [1.82, 2.24) is 19.6 Å². The molecule has 0 bridgehead atoms. The summed E-state index contributed by atoms with van der Waals surface area (Å²) in [6.07, 6.45) is 0.229. The molecule has 0 aliphatic heterocycles. The Labute approximate surface area is 194 Å². The second-order valence-electron chi connectivity index (χ2n) is 9.18. The SMILES string of the molecule is C=C(O)c1cnn(-c2cccc(-c3cccc(-n4ncc5c4C(C)(C)CC5)c3)c2)c1C(F)(F)F. The molecule has 0 spiro atoms. The molecular weight excluding hydrogens is 441 g/mol. The molecule has 0 amide bonds. The average molecular weight is 464 g/mol. The van der Waals surface area contributed by atoms with Crippen molar-refractivity contribution in [3.05, 3.63) is 90.0 Å². The number of alkyl halides is 3. The lowest BCUT2D eigenvalue weighted by Crippen LogP contribution is -2.18. The Kier molecular flexibility index (Phi) is 4.93. The zero-order valence-corrected chi connectivity index (χ0v) is 18.8. The van der Waals surface area contributed by atoms with Crippen LogP contribution in [0.5, 0.6) is 0 Å². The molecule has 34 heavy (non-hydrogen) atoms. The van der Waals surface area contributed by atoms with Gasteiger partial charge >= 0.3 is 6.18 Å². The molecule has 174 valence electrons. The summed E-state index contributed by atoms with van der Waals surface area (Å²) in [5.41, 5.74) is 3.64. The largest absolute Gasteiger partial charge is 0.508 e. The number of rotatable bonds is 4. The van der Waals surface area contributed by atoms with E-state index in [1.54, 1.807) is 18.2 Å². The van der Waals surface area contributed by atoms with Gasteiger partial charge in [-0.05, 0) is 53.8 Å². The van der Waals surface area contributed by atoms with Crippen LogP contribution in [0.1, 0.15) is 42.8 Å². The summed E-state index contributed by atoms with van der Waals surface area (Å²) >= 11 is 0. The molecule has 1 aliphatic rings. The Hall–Kier alpha value is -3.81. The van der Waals surface area contributed by atoms with Gasteiger partial charge < -0.3 is 5.11 Å². The van der Waals surface area contributed by atoms with Gasteiger partial charge in [-0.15, -0.1) is 0 Å². The van der Waals surface area contributed by atoms with Gasteiger partial charge in [0.25, 0.3) is 0 Å². The number of nitrogens with zero attached hydrogens (tertiary/aromatic N) is 4. The maximum absolute atomic E-state index is 13.8. The first-order valence-corrected chi connectivity index (χ1v) is 10.9. The molecule has 2 heterocycles. The van der Waals surface area contributed by atoms with Crippen LogP contribution in [0.15, 0.2) is 67.5 Å². The van der Waals surface area contributed by atoms with Gasteiger partial charge in [0, 0.05) is 5.41 Å². The van der Waals surface area contributed by atoms with Gasteiger partial charge in [0.15, 0.2) is 5.69 Å². The van der Waals surface area contributed by atoms with E-state index in [0.29, 0.717) is 0 Å². The van der Waals surface area contributed by atoms with E-state index in [1.807, 2.05) is 41.2 Å². The Morgan fingerprint density at radius 2 is 1.56 bits per heavy atom. The average Bonchev–Trinajstić information content (AvgIpc) is 3.49. The van der Waals surface area contributed by atoms with Gasteiger partial charge in [-0.2, -0.15) is 23.4 Å². The summed E-state index contributed by atoms with van der Waals surface area (Å²) in [4.78, 5) is 0. The van der Waals surface area contributed by atoms with E-state index in [2.05, 4.69) is 30.6 Å². The van der Waals surface area contributed by atoms with E-state index in [9.17, 15) is 18.3 Å². The zero-order chi connectivity index (χ0) is 24.3. The number of halogens is 3. The molecule has 0 saturated heterocycles. The first kappa shape index (κ1) is 22.0. The van der Waals surface area contributed by atoms with Crippen LogP contribution < -0.4 is 0 Å². The van der Waals surface area contributed by atoms with Gasteiger partial charge in [-0.25, -0.2) is 9.36 Å². The monoisotopic (exact) mass is 464 g/mol. The predicted octanol–water partition coefficient (Wildman–Crippen LogP) is 6.50. The molecule has 0 unspecified atom stereocenters. The van der Waals surface area contributed by atoms with Gasteiger partial charge in [-0.1, -0.05) is 44.7 Å². The molecule has 2 aromatic heterocycles. The molecule has 1 aliphatic carbocycles. The highest BCUT2D eigenvalue weighted by molar-refractivity contribution is 5.69. The minimum Gasteiger partial charge on any atom is -0.508 e. The van der Waals surface area contributed by atoms with E-state index in [-0.39, 0.29) is 11.1 Å². The highest BCUT2D eigenvalue weighted by Crippen LogP contribution is 2.40. The summed E-state index contributed by atoms with van der Waals surface area (Å²) in [5, 5.41) is 18.1. The van der Waals surface area contributed by atoms with Crippen LogP contribution in [-0.2, 0) is 18.0 Å². The van der Waals surface area contributed by atoms with Crippen molar-refractivity contribution in [2.24, 2.45) is 0 Å². The Bertz CT molecular complexity index is 1410. The third-order valence-corrected chi connectivity index (χ3v) is 6.37. The summed E-state index contributed by atoms with van der Waals surface area (Å²) in [5.74, 6) is -0.683. The van der Waals surface area contributed by atoms with Crippen LogP contribution in [0.4, 0.5) is 13.2 Å². The second kappa shape index (κ2) is 7.62. The van der Waals surface area contributed by atoms with Crippen LogP contribution in [-0.4, -0.2) is 24.7 Å². The van der Waals surface area contributed by atoms with Crippen LogP contribution in [0, 0.1) is 0 Å². The Balaban J connectivity index is 1.58. The number of aliphatic hydroxyl groups is 1. The van der Waals surface area contributed by atoms with Crippen LogP contribution >= 0.6 is 0 Å². The molecule has 0 fully saturated rings. The minimum atomic E-state index is -4.72. The third-order valence-electron chi connectivity index (χ3n) is 6.37. The Morgan fingerprint density at radius 1 is 0.971 bits per heavy atom. The van der Waals surface area contributed by atoms with Gasteiger partial charge in [-0.3, -0.25) is 0 Å². The highest BCUT2D eigenvalue weighted by Gasteiger charge is 2.39. The lowest BCUT2D eigenvalue weighted by atomic mass is 9.90. The van der Waals surface area contributed by atoms with Crippen LogP contribution in [0.25, 0.3) is 28.3 Å². The topological polar surface area (TPSA) is 55.9 Å². The summed E-state index contributed by atoms with van der Waals surface area (Å²) in [6, 6.07) is 14.5. The number of hydrogen-bond donors (Lipinski definition) is 1. The fourth-order valence-electron chi connectivity index (χ4n) is 4.71. The summed E-state index contributed by atoms with van der Waals surface area (Å²) in [7, 11) is 0. The van der Waals surface area contributed by atoms with E-state index in [0.717, 1.165) is 40.5 Å². The standard InChI is InChI=1S/C26H23F3N4O/c1-16(34)22-15-31-33(24(22)26(27,28)29)21-9-5-7-18(13-21)17-6-4-8-20(12-17)32-23-19(14-30-32)10-11-25(23,2)3/h4-9,12-15,34H,1,10-11H2,2-3H3. The molecule has 8 heteroatoms. The molecule has 0 atom stereocenters. The van der Waals surface area contributed by atoms with Gasteiger partial charge in [0.1, 0.15) is 5.76 Å². The van der Waals surface area contributed by atoms with Gasteiger partial charge in [0.2, 0.25) is 0 Å². The number of benzene rings is 2. The zero-order valence-electron chi connectivity index (χ0n) is 18.8. The van der Waals surface area contributed by atoms with E-state index in [1.165, 1.54) is 11.3 Å². The molecule has 1 N–H and O–H groups in total. The highest BCUT2D eigenvalue weighted by atomic mass is 19.4. The van der Waals surface area contributed by atoms with E-state index < -0.39 is 23.2 Å². The Morgan fingerprint density at radius 3 is 2.15 bits per heavy atom. The minimum absolute atomic E-state index is 0.0181. The van der Waals surface area contributed by atoms with Crippen molar-refractivity contribution in [2.45, 2.75) is 38.3 Å². The summed E-state index contributed by atoms with van der Waals surface area (Å²) in [6.45, 7) is 7.66. The van der Waals surface area contributed by atoms with Gasteiger partial charge in [0.05, 0.1) is 35.0 Å². The van der Waals surface area contributed by atoms with Crippen molar-refractivity contribution in [3.63, 3.8) is 0 Å². The van der Waals surface area contributed by atoms with E-state index >= 15 is 0 Å². The molecule has 2 aromatic carbocycles. The van der Waals surface area contributed by atoms with Crippen molar-refractivity contribution in [1.29, 1.82) is 0 Å². The lowest BCUT2D eigenvalue weighted by molar-refractivity contribution is -0.143. The quantitative estimate of drug-likeness (QED) is 0.351. The van der Waals surface area contributed by atoms with Crippen molar-refractivity contribution in [2.75, 3.05) is 0 Å². The van der Waals surface area contributed by atoms with Crippen LogP contribution in [0.3, 0.4) is 0 Å². The first-order chi connectivity index (χ1) is 16.1. The van der Waals surface area contributed by atoms with E-state index in [4.69, 9.17) is 0 Å². The maximum Gasteiger partial charge on any atom is 0.434 e. The van der Waals surface area contributed by atoms with Crippen LogP contribution in [0.2, 0.25) is 0 Å². The fraction of sp³-hybridized carbons (Fsp3) is 0.231. The molecule has 0 saturated carbocycles. The fourth-order valence-corrected chi connectivity index (χ4v) is 4.71. The summed E-state index contributed by atoms with van der Waals surface area (Å²) < 4.78 is 44.1. The number of fused-ring (bicyclic) bond motifs is 1. The molecule has 0 radical (unpaired) electrons. The van der Waals surface area contributed by atoms with Crippen molar-refractivity contribution >= 4 is 5.76 Å². The molecular formula is C26H23F3N4O. The number of aromatic nitrogens is 4. The lowest BCUT2D eigenvalue weighted by Gasteiger charge is -2.21. The van der Waals surface area contributed by atoms with Crippen molar-refractivity contribution in [3.8, 4) is 22.5 Å². The van der Waals surface area contributed by atoms with Crippen molar-refractivity contribution < 1.29 is 18.3 Å².